The highest BCUT2D eigenvalue weighted by Gasteiger charge is 2.24. The van der Waals surface area contributed by atoms with Gasteiger partial charge >= 0.3 is 5.97 Å². The predicted molar refractivity (Wildman–Crippen MR) is 148 cm³/mol. The summed E-state index contributed by atoms with van der Waals surface area (Å²) in [5.41, 5.74) is 4.09. The van der Waals surface area contributed by atoms with E-state index in [0.29, 0.717) is 22.7 Å². The number of amides is 1. The van der Waals surface area contributed by atoms with Gasteiger partial charge in [0.1, 0.15) is 18.2 Å². The number of hydrogen-bond acceptors (Lipinski definition) is 7. The molecule has 0 bridgehead atoms. The van der Waals surface area contributed by atoms with Crippen LogP contribution in [0.1, 0.15) is 47.1 Å². The molecule has 10 nitrogen and oxygen atoms in total. The molecular weight excluding hydrogens is 527 g/mol. The average molecular weight is 555 g/mol. The monoisotopic (exact) mass is 554 g/mol. The molecule has 2 aromatic heterocycles. The third kappa shape index (κ3) is 6.19. The molecule has 41 heavy (non-hydrogen) atoms. The van der Waals surface area contributed by atoms with Gasteiger partial charge in [-0.1, -0.05) is 54.9 Å². The van der Waals surface area contributed by atoms with Crippen LogP contribution < -0.4 is 5.32 Å². The predicted octanol–water partition coefficient (Wildman–Crippen LogP) is 4.98. The quantitative estimate of drug-likeness (QED) is 0.260. The van der Waals surface area contributed by atoms with Crippen LogP contribution in [0.2, 0.25) is 0 Å². The Balaban J connectivity index is 1.27. The van der Waals surface area contributed by atoms with E-state index in [1.54, 1.807) is 6.07 Å². The zero-order valence-corrected chi connectivity index (χ0v) is 22.6. The van der Waals surface area contributed by atoms with Gasteiger partial charge in [0.15, 0.2) is 0 Å². The third-order valence-electron chi connectivity index (χ3n) is 6.56. The summed E-state index contributed by atoms with van der Waals surface area (Å²) in [6.07, 6.45) is 1.21. The number of nitrogens with one attached hydrogen (secondary N) is 1. The van der Waals surface area contributed by atoms with E-state index in [1.807, 2.05) is 55.5 Å². The number of hydrogen-bond donors (Lipinski definition) is 2. The van der Waals surface area contributed by atoms with E-state index in [1.165, 1.54) is 23.1 Å². The van der Waals surface area contributed by atoms with Gasteiger partial charge in [-0.2, -0.15) is 4.98 Å². The number of benzene rings is 3. The first-order chi connectivity index (χ1) is 19.7. The van der Waals surface area contributed by atoms with Crippen molar-refractivity contribution in [2.45, 2.75) is 39.2 Å². The number of carboxylic acids is 1. The lowest BCUT2D eigenvalue weighted by molar-refractivity contribution is -0.139. The Morgan fingerprint density at radius 1 is 1.05 bits per heavy atom. The van der Waals surface area contributed by atoms with Crippen molar-refractivity contribution in [3.63, 3.8) is 0 Å². The van der Waals surface area contributed by atoms with Crippen LogP contribution >= 0.6 is 0 Å². The van der Waals surface area contributed by atoms with E-state index in [-0.39, 0.29) is 29.5 Å². The van der Waals surface area contributed by atoms with Crippen LogP contribution in [0.3, 0.4) is 0 Å². The van der Waals surface area contributed by atoms with Crippen LogP contribution in [0.15, 0.2) is 77.6 Å². The molecule has 11 heteroatoms. The van der Waals surface area contributed by atoms with Crippen molar-refractivity contribution in [3.05, 3.63) is 101 Å². The fourth-order valence-corrected chi connectivity index (χ4v) is 4.18. The van der Waals surface area contributed by atoms with Gasteiger partial charge in [-0.3, -0.25) is 4.79 Å². The minimum absolute atomic E-state index is 0.0632. The number of aliphatic carboxylic acids is 1. The molecule has 0 radical (unpaired) electrons. The first-order valence-corrected chi connectivity index (χ1v) is 12.9. The number of halogens is 1. The van der Waals surface area contributed by atoms with Crippen LogP contribution in [-0.4, -0.2) is 47.9 Å². The summed E-state index contributed by atoms with van der Waals surface area (Å²) in [5.74, 6) is -2.20. The summed E-state index contributed by atoms with van der Waals surface area (Å²) in [5, 5.41) is 20.2. The lowest BCUT2D eigenvalue weighted by atomic mass is 10.0. The van der Waals surface area contributed by atoms with Crippen molar-refractivity contribution >= 4 is 11.9 Å². The highest BCUT2D eigenvalue weighted by Crippen LogP contribution is 2.25. The van der Waals surface area contributed by atoms with E-state index in [0.717, 1.165) is 11.1 Å². The molecule has 0 aliphatic carbocycles. The Morgan fingerprint density at radius 2 is 1.78 bits per heavy atom. The number of carbonyl (C=O) groups is 2. The fraction of sp³-hybridized carbons (Fsp3) is 0.200. The molecule has 1 amide bonds. The number of rotatable bonds is 9. The molecular formula is C30H27FN6O4. The number of aromatic nitrogens is 5. The average Bonchev–Trinajstić information content (AvgIpc) is 3.64. The highest BCUT2D eigenvalue weighted by molar-refractivity contribution is 5.93. The molecule has 0 fully saturated rings. The minimum atomic E-state index is -1.34. The molecule has 0 spiro atoms. The van der Waals surface area contributed by atoms with Gasteiger partial charge in [-0.05, 0) is 60.4 Å². The van der Waals surface area contributed by atoms with Crippen molar-refractivity contribution in [1.29, 1.82) is 0 Å². The van der Waals surface area contributed by atoms with Crippen molar-refractivity contribution in [2.24, 2.45) is 0 Å². The summed E-state index contributed by atoms with van der Waals surface area (Å²) in [6, 6.07) is 18.0. The lowest BCUT2D eigenvalue weighted by Gasteiger charge is -2.14. The summed E-state index contributed by atoms with van der Waals surface area (Å²) in [4.78, 5) is 33.0. The zero-order valence-electron chi connectivity index (χ0n) is 22.6. The van der Waals surface area contributed by atoms with E-state index in [4.69, 9.17) is 4.52 Å². The second kappa shape index (κ2) is 11.5. The van der Waals surface area contributed by atoms with Crippen molar-refractivity contribution in [3.8, 4) is 28.5 Å². The number of nitrogens with zero attached hydrogens (tertiary/aromatic N) is 5. The first-order valence-electron chi connectivity index (χ1n) is 12.9. The molecule has 1 unspecified atom stereocenters. The number of carboxylic acid groups (broad SMARTS) is 1. The Kier molecular flexibility index (Phi) is 7.68. The van der Waals surface area contributed by atoms with Crippen LogP contribution in [0.5, 0.6) is 0 Å². The maximum absolute atomic E-state index is 15.0. The van der Waals surface area contributed by atoms with Gasteiger partial charge in [0.25, 0.3) is 11.8 Å². The van der Waals surface area contributed by atoms with Gasteiger partial charge in [-0.15, -0.1) is 5.10 Å². The summed E-state index contributed by atoms with van der Waals surface area (Å²) < 4.78 is 21.8. The standard InChI is InChI=1S/C30H27FN6O4/c1-17(2)20-9-11-22(12-10-20)37-16-32-27(35-37)28(38)33-25(30(39)40)15-19-6-13-23(24(31)14-19)26-34-29(41-36-26)21-7-4-18(3)5-8-21/h4-14,16-17,25H,15H2,1-3H3,(H,33,38)(H,39,40). The van der Waals surface area contributed by atoms with Gasteiger partial charge in [-0.25, -0.2) is 18.9 Å². The van der Waals surface area contributed by atoms with Gasteiger partial charge < -0.3 is 14.9 Å². The number of aryl methyl sites for hydroxylation is 1. The summed E-state index contributed by atoms with van der Waals surface area (Å²) >= 11 is 0. The zero-order chi connectivity index (χ0) is 29.1. The van der Waals surface area contributed by atoms with Crippen molar-refractivity contribution in [2.75, 3.05) is 0 Å². The highest BCUT2D eigenvalue weighted by atomic mass is 19.1. The molecule has 2 heterocycles. The molecule has 208 valence electrons. The minimum Gasteiger partial charge on any atom is -0.480 e. The Morgan fingerprint density at radius 3 is 2.44 bits per heavy atom. The van der Waals surface area contributed by atoms with Crippen LogP contribution in [0, 0.1) is 12.7 Å². The second-order valence-corrected chi connectivity index (χ2v) is 9.93. The normalized spacial score (nSPS) is 11.9. The molecule has 3 aromatic carbocycles. The van der Waals surface area contributed by atoms with E-state index in [2.05, 4.69) is 39.4 Å². The first kappa shape index (κ1) is 27.4. The Bertz CT molecular complexity index is 1690. The summed E-state index contributed by atoms with van der Waals surface area (Å²) in [6.45, 7) is 6.13. The second-order valence-electron chi connectivity index (χ2n) is 9.93. The van der Waals surface area contributed by atoms with Gasteiger partial charge in [0, 0.05) is 12.0 Å². The molecule has 0 aliphatic heterocycles. The van der Waals surface area contributed by atoms with E-state index in [9.17, 15) is 14.7 Å². The van der Waals surface area contributed by atoms with Crippen molar-refractivity contribution in [1.82, 2.24) is 30.2 Å². The molecule has 1 atom stereocenters. The Hall–Kier alpha value is -5.19. The number of carbonyl (C=O) groups excluding carboxylic acids is 1. The maximum atomic E-state index is 15.0. The molecule has 5 rings (SSSR count). The lowest BCUT2D eigenvalue weighted by Crippen LogP contribution is -2.42. The maximum Gasteiger partial charge on any atom is 0.326 e. The van der Waals surface area contributed by atoms with Crippen LogP contribution in [0.4, 0.5) is 4.39 Å². The van der Waals surface area contributed by atoms with Crippen molar-refractivity contribution < 1.29 is 23.6 Å². The van der Waals surface area contributed by atoms with E-state index < -0.39 is 23.7 Å². The van der Waals surface area contributed by atoms with Gasteiger partial charge in [0.05, 0.1) is 11.3 Å². The molecule has 0 aliphatic rings. The fourth-order valence-electron chi connectivity index (χ4n) is 4.18. The molecule has 0 saturated heterocycles. The van der Waals surface area contributed by atoms with Crippen LogP contribution in [-0.2, 0) is 11.2 Å². The van der Waals surface area contributed by atoms with E-state index >= 15 is 4.39 Å². The smallest absolute Gasteiger partial charge is 0.326 e. The van der Waals surface area contributed by atoms with Crippen LogP contribution in [0.25, 0.3) is 28.5 Å². The third-order valence-corrected chi connectivity index (χ3v) is 6.56. The Labute approximate surface area is 234 Å². The topological polar surface area (TPSA) is 136 Å². The molecule has 0 saturated carbocycles. The molecule has 2 N–H and O–H groups in total. The largest absolute Gasteiger partial charge is 0.480 e. The summed E-state index contributed by atoms with van der Waals surface area (Å²) in [7, 11) is 0. The van der Waals surface area contributed by atoms with Gasteiger partial charge in [0.2, 0.25) is 11.6 Å². The molecule has 5 aromatic rings. The SMILES string of the molecule is Cc1ccc(-c2nc(-c3ccc(CC(NC(=O)c4ncn(-c5ccc(C(C)C)cc5)n4)C(=O)O)cc3F)no2)cc1.